The SMILES string of the molecule is Cc1c(Cl)cccc1Nc1cc(C(=O)NC2CCCCC2)ncn1. The highest BCUT2D eigenvalue weighted by Gasteiger charge is 2.17. The van der Waals surface area contributed by atoms with Gasteiger partial charge >= 0.3 is 0 Å². The fraction of sp³-hybridized carbons (Fsp3) is 0.389. The number of nitrogens with one attached hydrogen (secondary N) is 2. The lowest BCUT2D eigenvalue weighted by Gasteiger charge is -2.22. The summed E-state index contributed by atoms with van der Waals surface area (Å²) in [4.78, 5) is 20.7. The summed E-state index contributed by atoms with van der Waals surface area (Å²) < 4.78 is 0. The average Bonchev–Trinajstić information content (AvgIpc) is 2.60. The van der Waals surface area contributed by atoms with Crippen molar-refractivity contribution < 1.29 is 4.79 Å². The number of benzene rings is 1. The van der Waals surface area contributed by atoms with Gasteiger partial charge in [-0.25, -0.2) is 9.97 Å². The van der Waals surface area contributed by atoms with Crippen LogP contribution in [0.5, 0.6) is 0 Å². The Morgan fingerprint density at radius 2 is 2.00 bits per heavy atom. The van der Waals surface area contributed by atoms with Gasteiger partial charge in [-0.3, -0.25) is 4.79 Å². The standard InChI is InChI=1S/C18H21ClN4O/c1-12-14(19)8-5-9-15(12)23-17-10-16(20-11-21-17)18(24)22-13-6-3-2-4-7-13/h5,8-11,13H,2-4,6-7H2,1H3,(H,22,24)(H,20,21,23). The predicted molar refractivity (Wildman–Crippen MR) is 95.8 cm³/mol. The lowest BCUT2D eigenvalue weighted by molar-refractivity contribution is 0.0922. The molecule has 1 amide bonds. The Morgan fingerprint density at radius 3 is 2.79 bits per heavy atom. The number of hydrogen-bond donors (Lipinski definition) is 2. The van der Waals surface area contributed by atoms with Crippen LogP contribution in [-0.2, 0) is 0 Å². The van der Waals surface area contributed by atoms with E-state index in [9.17, 15) is 4.79 Å². The smallest absolute Gasteiger partial charge is 0.270 e. The van der Waals surface area contributed by atoms with Crippen LogP contribution in [0.2, 0.25) is 5.02 Å². The Balaban J connectivity index is 1.71. The van der Waals surface area contributed by atoms with Crippen LogP contribution in [0.4, 0.5) is 11.5 Å². The van der Waals surface area contributed by atoms with E-state index in [1.165, 1.54) is 25.6 Å². The Hall–Kier alpha value is -2.14. The van der Waals surface area contributed by atoms with Crippen LogP contribution in [0.3, 0.4) is 0 Å². The van der Waals surface area contributed by atoms with E-state index < -0.39 is 0 Å². The van der Waals surface area contributed by atoms with Gasteiger partial charge in [-0.2, -0.15) is 0 Å². The second-order valence-corrected chi connectivity index (χ2v) is 6.54. The van der Waals surface area contributed by atoms with E-state index in [2.05, 4.69) is 20.6 Å². The van der Waals surface area contributed by atoms with Crippen LogP contribution >= 0.6 is 11.6 Å². The summed E-state index contributed by atoms with van der Waals surface area (Å²) in [5, 5.41) is 6.95. The maximum atomic E-state index is 12.4. The molecule has 0 saturated heterocycles. The van der Waals surface area contributed by atoms with Gasteiger partial charge in [0.15, 0.2) is 0 Å². The number of aromatic nitrogens is 2. The zero-order chi connectivity index (χ0) is 16.9. The fourth-order valence-electron chi connectivity index (χ4n) is 2.94. The third-order valence-corrected chi connectivity index (χ3v) is 4.78. The van der Waals surface area contributed by atoms with Crippen molar-refractivity contribution in [2.75, 3.05) is 5.32 Å². The summed E-state index contributed by atoms with van der Waals surface area (Å²) in [5.74, 6) is 0.430. The first-order valence-electron chi connectivity index (χ1n) is 8.28. The molecule has 0 unspecified atom stereocenters. The number of nitrogens with zero attached hydrogens (tertiary/aromatic N) is 2. The van der Waals surface area contributed by atoms with Crippen molar-refractivity contribution in [3.8, 4) is 0 Å². The molecule has 0 bridgehead atoms. The van der Waals surface area contributed by atoms with Crippen LogP contribution in [0.1, 0.15) is 48.2 Å². The molecule has 2 N–H and O–H groups in total. The molecule has 0 spiro atoms. The minimum absolute atomic E-state index is 0.143. The number of hydrogen-bond acceptors (Lipinski definition) is 4. The molecular formula is C18H21ClN4O. The lowest BCUT2D eigenvalue weighted by Crippen LogP contribution is -2.36. The third-order valence-electron chi connectivity index (χ3n) is 4.37. The molecule has 1 aromatic heterocycles. The summed E-state index contributed by atoms with van der Waals surface area (Å²) in [5.41, 5.74) is 2.17. The van der Waals surface area contributed by atoms with Gasteiger partial charge in [-0.15, -0.1) is 0 Å². The monoisotopic (exact) mass is 344 g/mol. The summed E-state index contributed by atoms with van der Waals surface area (Å²) in [6.45, 7) is 1.93. The van der Waals surface area contributed by atoms with Gasteiger partial charge in [0, 0.05) is 22.8 Å². The Bertz CT molecular complexity index is 729. The first kappa shape index (κ1) is 16.7. The summed E-state index contributed by atoms with van der Waals surface area (Å²) in [6.07, 6.45) is 7.10. The largest absolute Gasteiger partial charge is 0.348 e. The zero-order valence-electron chi connectivity index (χ0n) is 13.7. The van der Waals surface area contributed by atoms with Crippen LogP contribution in [0.25, 0.3) is 0 Å². The summed E-state index contributed by atoms with van der Waals surface area (Å²) in [6, 6.07) is 7.55. The Kier molecular flexibility index (Phi) is 5.30. The van der Waals surface area contributed by atoms with Gasteiger partial charge in [0.1, 0.15) is 17.8 Å². The number of carbonyl (C=O) groups is 1. The van der Waals surface area contributed by atoms with E-state index in [1.807, 2.05) is 25.1 Å². The maximum absolute atomic E-state index is 12.4. The molecule has 1 heterocycles. The molecular weight excluding hydrogens is 324 g/mol. The van der Waals surface area contributed by atoms with Crippen molar-refractivity contribution >= 4 is 29.0 Å². The first-order valence-corrected chi connectivity index (χ1v) is 8.66. The Morgan fingerprint density at radius 1 is 1.21 bits per heavy atom. The van der Waals surface area contributed by atoms with E-state index in [4.69, 9.17) is 11.6 Å². The van der Waals surface area contributed by atoms with Crippen LogP contribution in [-0.4, -0.2) is 21.9 Å². The molecule has 3 rings (SSSR count). The molecule has 1 fully saturated rings. The second kappa shape index (κ2) is 7.62. The van der Waals surface area contributed by atoms with Crippen molar-refractivity contribution in [2.24, 2.45) is 0 Å². The van der Waals surface area contributed by atoms with E-state index >= 15 is 0 Å². The van der Waals surface area contributed by atoms with Crippen molar-refractivity contribution in [3.05, 3.63) is 46.9 Å². The van der Waals surface area contributed by atoms with Gasteiger partial charge in [0.25, 0.3) is 5.91 Å². The minimum atomic E-state index is -0.143. The molecule has 1 aliphatic carbocycles. The molecule has 5 nitrogen and oxygen atoms in total. The Labute approximate surface area is 146 Å². The van der Waals surface area contributed by atoms with E-state index in [0.717, 1.165) is 24.1 Å². The van der Waals surface area contributed by atoms with Crippen molar-refractivity contribution in [1.82, 2.24) is 15.3 Å². The van der Waals surface area contributed by atoms with Crippen LogP contribution in [0.15, 0.2) is 30.6 Å². The summed E-state index contributed by atoms with van der Waals surface area (Å²) >= 11 is 6.13. The third kappa shape index (κ3) is 4.03. The number of carbonyl (C=O) groups excluding carboxylic acids is 1. The average molecular weight is 345 g/mol. The molecule has 1 aromatic carbocycles. The van der Waals surface area contributed by atoms with Crippen molar-refractivity contribution in [3.63, 3.8) is 0 Å². The van der Waals surface area contributed by atoms with Crippen LogP contribution < -0.4 is 10.6 Å². The molecule has 126 valence electrons. The van der Waals surface area contributed by atoms with Gasteiger partial charge in [0.2, 0.25) is 0 Å². The number of amides is 1. The van der Waals surface area contributed by atoms with Gasteiger partial charge in [-0.05, 0) is 37.5 Å². The maximum Gasteiger partial charge on any atom is 0.270 e. The highest BCUT2D eigenvalue weighted by atomic mass is 35.5. The quantitative estimate of drug-likeness (QED) is 0.870. The molecule has 6 heteroatoms. The normalized spacial score (nSPS) is 15.1. The highest BCUT2D eigenvalue weighted by molar-refractivity contribution is 6.31. The first-order chi connectivity index (χ1) is 11.6. The van der Waals surface area contributed by atoms with Gasteiger partial charge in [0.05, 0.1) is 0 Å². The molecule has 2 aromatic rings. The molecule has 1 saturated carbocycles. The van der Waals surface area contributed by atoms with Gasteiger partial charge in [-0.1, -0.05) is 36.9 Å². The predicted octanol–water partition coefficient (Wildman–Crippen LogP) is 4.24. The van der Waals surface area contributed by atoms with Crippen LogP contribution in [0, 0.1) is 6.92 Å². The molecule has 0 atom stereocenters. The zero-order valence-corrected chi connectivity index (χ0v) is 14.4. The van der Waals surface area contributed by atoms with E-state index in [-0.39, 0.29) is 11.9 Å². The molecule has 24 heavy (non-hydrogen) atoms. The molecule has 0 aliphatic heterocycles. The van der Waals surface area contributed by atoms with E-state index in [0.29, 0.717) is 16.5 Å². The topological polar surface area (TPSA) is 66.9 Å². The van der Waals surface area contributed by atoms with Crippen molar-refractivity contribution in [2.45, 2.75) is 45.1 Å². The minimum Gasteiger partial charge on any atom is -0.348 e. The number of rotatable bonds is 4. The van der Waals surface area contributed by atoms with Gasteiger partial charge < -0.3 is 10.6 Å². The fourth-order valence-corrected chi connectivity index (χ4v) is 3.11. The highest BCUT2D eigenvalue weighted by Crippen LogP contribution is 2.25. The van der Waals surface area contributed by atoms with E-state index in [1.54, 1.807) is 6.07 Å². The lowest BCUT2D eigenvalue weighted by atomic mass is 9.95. The van der Waals surface area contributed by atoms with Crippen molar-refractivity contribution in [1.29, 1.82) is 0 Å². The number of anilines is 2. The molecule has 1 aliphatic rings. The molecule has 0 radical (unpaired) electrons. The summed E-state index contributed by atoms with van der Waals surface area (Å²) in [7, 11) is 0. The second-order valence-electron chi connectivity index (χ2n) is 6.13. The number of halogens is 1.